The van der Waals surface area contributed by atoms with E-state index in [-0.39, 0.29) is 0 Å². The van der Waals surface area contributed by atoms with Crippen molar-refractivity contribution >= 4 is 5.97 Å². The lowest BCUT2D eigenvalue weighted by atomic mass is 10.0. The Bertz CT molecular complexity index is 587. The zero-order chi connectivity index (χ0) is 14.0. The summed E-state index contributed by atoms with van der Waals surface area (Å²) in [6.45, 7) is 1.96. The lowest BCUT2D eigenvalue weighted by Gasteiger charge is -2.12. The number of hydrogen-bond acceptors (Lipinski definition) is 1. The smallest absolute Gasteiger partial charge is 0.379 e. The maximum Gasteiger partial charge on any atom is 0.379 e. The predicted octanol–water partition coefficient (Wildman–Crippen LogP) is 3.84. The summed E-state index contributed by atoms with van der Waals surface area (Å²) < 4.78 is 26.5. The van der Waals surface area contributed by atoms with Crippen molar-refractivity contribution in [3.05, 3.63) is 59.7 Å². The van der Waals surface area contributed by atoms with Crippen LogP contribution >= 0.6 is 0 Å². The second-order valence-electron chi connectivity index (χ2n) is 4.32. The molecule has 2 nitrogen and oxygen atoms in total. The summed E-state index contributed by atoms with van der Waals surface area (Å²) in [5.74, 6) is -6.00. The Balaban J connectivity index is 2.33. The second kappa shape index (κ2) is 4.80. The zero-order valence-corrected chi connectivity index (χ0v) is 10.2. The van der Waals surface area contributed by atoms with Crippen LogP contribution in [-0.2, 0) is 10.7 Å². The molecule has 0 spiro atoms. The molecule has 0 aliphatic carbocycles. The first-order valence-electron chi connectivity index (χ1n) is 5.70. The van der Waals surface area contributed by atoms with Gasteiger partial charge in [0.25, 0.3) is 0 Å². The van der Waals surface area contributed by atoms with Gasteiger partial charge in [-0.3, -0.25) is 0 Å². The highest BCUT2D eigenvalue weighted by molar-refractivity contribution is 5.77. The number of carbonyl (C=O) groups is 1. The van der Waals surface area contributed by atoms with Crippen molar-refractivity contribution in [3.8, 4) is 11.1 Å². The number of aryl methyl sites for hydroxylation is 1. The number of alkyl halides is 2. The summed E-state index contributed by atoms with van der Waals surface area (Å²) in [5, 5.41) is 8.46. The van der Waals surface area contributed by atoms with E-state index in [1.807, 2.05) is 31.2 Å². The van der Waals surface area contributed by atoms with Gasteiger partial charge in [-0.05, 0) is 18.1 Å². The molecule has 0 saturated carbocycles. The van der Waals surface area contributed by atoms with E-state index in [9.17, 15) is 13.6 Å². The Morgan fingerprint density at radius 3 is 1.79 bits per heavy atom. The van der Waals surface area contributed by atoms with Crippen LogP contribution in [0, 0.1) is 6.92 Å². The first-order valence-corrected chi connectivity index (χ1v) is 5.70. The van der Waals surface area contributed by atoms with Gasteiger partial charge in [-0.1, -0.05) is 54.1 Å². The maximum absolute atomic E-state index is 13.3. The number of rotatable bonds is 3. The Morgan fingerprint density at radius 1 is 0.947 bits per heavy atom. The van der Waals surface area contributed by atoms with Gasteiger partial charge in [0, 0.05) is 5.56 Å². The number of aliphatic carboxylic acids is 1. The average molecular weight is 262 g/mol. The number of carboxylic acid groups (broad SMARTS) is 1. The van der Waals surface area contributed by atoms with Gasteiger partial charge in [0.2, 0.25) is 0 Å². The standard InChI is InChI=1S/C15H12F2O2/c1-10-2-4-11(5-3-10)12-6-8-13(9-7-12)15(16,17)14(18)19/h2-9H,1H3,(H,18,19). The van der Waals surface area contributed by atoms with E-state index in [1.165, 1.54) is 12.1 Å². The third-order valence-corrected chi connectivity index (χ3v) is 2.90. The molecule has 1 N–H and O–H groups in total. The molecule has 0 unspecified atom stereocenters. The molecule has 0 atom stereocenters. The molecule has 0 aliphatic rings. The molecule has 0 heterocycles. The molecule has 0 saturated heterocycles. The number of halogens is 2. The lowest BCUT2D eigenvalue weighted by molar-refractivity contribution is -0.166. The monoisotopic (exact) mass is 262 g/mol. The summed E-state index contributed by atoms with van der Waals surface area (Å²) >= 11 is 0. The molecule has 0 aliphatic heterocycles. The Kier molecular flexibility index (Phi) is 3.34. The van der Waals surface area contributed by atoms with Crippen LogP contribution in [0.25, 0.3) is 11.1 Å². The molecule has 19 heavy (non-hydrogen) atoms. The van der Waals surface area contributed by atoms with E-state index in [2.05, 4.69) is 0 Å². The Morgan fingerprint density at radius 2 is 1.37 bits per heavy atom. The SMILES string of the molecule is Cc1ccc(-c2ccc(C(F)(F)C(=O)O)cc2)cc1. The number of carboxylic acids is 1. The van der Waals surface area contributed by atoms with Gasteiger partial charge in [0.1, 0.15) is 0 Å². The van der Waals surface area contributed by atoms with Gasteiger partial charge in [-0.25, -0.2) is 4.79 Å². The van der Waals surface area contributed by atoms with Crippen LogP contribution in [0.15, 0.2) is 48.5 Å². The van der Waals surface area contributed by atoms with Crippen molar-refractivity contribution in [2.24, 2.45) is 0 Å². The first kappa shape index (κ1) is 13.2. The van der Waals surface area contributed by atoms with Crippen LogP contribution in [0.3, 0.4) is 0 Å². The van der Waals surface area contributed by atoms with Gasteiger partial charge in [-0.2, -0.15) is 8.78 Å². The maximum atomic E-state index is 13.3. The Hall–Kier alpha value is -2.23. The quantitative estimate of drug-likeness (QED) is 0.912. The summed E-state index contributed by atoms with van der Waals surface area (Å²) in [7, 11) is 0. The molecular weight excluding hydrogens is 250 g/mol. The second-order valence-corrected chi connectivity index (χ2v) is 4.32. The highest BCUT2D eigenvalue weighted by Crippen LogP contribution is 2.30. The highest BCUT2D eigenvalue weighted by Gasteiger charge is 2.40. The molecule has 98 valence electrons. The zero-order valence-electron chi connectivity index (χ0n) is 10.2. The van der Waals surface area contributed by atoms with Crippen molar-refractivity contribution in [2.45, 2.75) is 12.8 Å². The van der Waals surface area contributed by atoms with Crippen LogP contribution in [-0.4, -0.2) is 11.1 Å². The summed E-state index contributed by atoms with van der Waals surface area (Å²) in [5.41, 5.74) is 2.26. The van der Waals surface area contributed by atoms with Gasteiger partial charge >= 0.3 is 11.9 Å². The third kappa shape index (κ3) is 2.62. The van der Waals surface area contributed by atoms with Crippen LogP contribution < -0.4 is 0 Å². The van der Waals surface area contributed by atoms with E-state index in [0.717, 1.165) is 28.8 Å². The van der Waals surface area contributed by atoms with Crippen LogP contribution in [0.2, 0.25) is 0 Å². The van der Waals surface area contributed by atoms with Crippen molar-refractivity contribution in [2.75, 3.05) is 0 Å². The fourth-order valence-electron chi connectivity index (χ4n) is 1.74. The number of hydrogen-bond donors (Lipinski definition) is 1. The minimum absolute atomic E-state index is 0.518. The molecule has 0 radical (unpaired) electrons. The van der Waals surface area contributed by atoms with Gasteiger partial charge in [0.05, 0.1) is 0 Å². The molecule has 2 aromatic carbocycles. The largest absolute Gasteiger partial charge is 0.477 e. The molecular formula is C15H12F2O2. The summed E-state index contributed by atoms with van der Waals surface area (Å²) in [4.78, 5) is 10.5. The lowest BCUT2D eigenvalue weighted by Crippen LogP contribution is -2.25. The van der Waals surface area contributed by atoms with Crippen molar-refractivity contribution < 1.29 is 18.7 Å². The van der Waals surface area contributed by atoms with Gasteiger partial charge < -0.3 is 5.11 Å². The summed E-state index contributed by atoms with van der Waals surface area (Å²) in [6, 6.07) is 12.9. The predicted molar refractivity (Wildman–Crippen MR) is 68.1 cm³/mol. The fraction of sp³-hybridized carbons (Fsp3) is 0.133. The van der Waals surface area contributed by atoms with Crippen molar-refractivity contribution in [3.63, 3.8) is 0 Å². The van der Waals surface area contributed by atoms with Gasteiger partial charge in [0.15, 0.2) is 0 Å². The molecule has 0 bridgehead atoms. The van der Waals surface area contributed by atoms with E-state index >= 15 is 0 Å². The molecule has 0 amide bonds. The molecule has 0 fully saturated rings. The van der Waals surface area contributed by atoms with E-state index in [0.29, 0.717) is 0 Å². The van der Waals surface area contributed by atoms with Crippen LogP contribution in [0.1, 0.15) is 11.1 Å². The van der Waals surface area contributed by atoms with E-state index in [1.54, 1.807) is 0 Å². The topological polar surface area (TPSA) is 37.3 Å². The van der Waals surface area contributed by atoms with Crippen LogP contribution in [0.5, 0.6) is 0 Å². The molecule has 4 heteroatoms. The minimum Gasteiger partial charge on any atom is -0.477 e. The molecule has 0 aromatic heterocycles. The first-order chi connectivity index (χ1) is 8.91. The normalized spacial score (nSPS) is 11.3. The van der Waals surface area contributed by atoms with Crippen molar-refractivity contribution in [1.82, 2.24) is 0 Å². The van der Waals surface area contributed by atoms with E-state index < -0.39 is 17.5 Å². The van der Waals surface area contributed by atoms with E-state index in [4.69, 9.17) is 5.11 Å². The molecule has 2 aromatic rings. The summed E-state index contributed by atoms with van der Waals surface area (Å²) in [6.07, 6.45) is 0. The minimum atomic E-state index is -3.86. The number of benzene rings is 2. The van der Waals surface area contributed by atoms with Crippen molar-refractivity contribution in [1.29, 1.82) is 0 Å². The molecule has 2 rings (SSSR count). The third-order valence-electron chi connectivity index (χ3n) is 2.90. The highest BCUT2D eigenvalue weighted by atomic mass is 19.3. The fourth-order valence-corrected chi connectivity index (χ4v) is 1.74. The van der Waals surface area contributed by atoms with Crippen LogP contribution in [0.4, 0.5) is 8.78 Å². The average Bonchev–Trinajstić information content (AvgIpc) is 2.39. The van der Waals surface area contributed by atoms with Gasteiger partial charge in [-0.15, -0.1) is 0 Å². The Labute approximate surface area is 109 Å².